The molecule has 0 amide bonds. The Labute approximate surface area is 98.6 Å². The third-order valence-corrected chi connectivity index (χ3v) is 2.49. The number of nitrogens with zero attached hydrogens (tertiary/aromatic N) is 1. The molecule has 0 bridgehead atoms. The van der Waals surface area contributed by atoms with Gasteiger partial charge in [0.15, 0.2) is 0 Å². The number of carboxylic acids is 1. The molecule has 1 heterocycles. The van der Waals surface area contributed by atoms with Crippen molar-refractivity contribution < 1.29 is 18.7 Å². The van der Waals surface area contributed by atoms with E-state index >= 15 is 0 Å². The Kier molecular flexibility index (Phi) is 4.17. The number of nitrogen functional groups attached to an aromatic ring is 1. The van der Waals surface area contributed by atoms with Crippen LogP contribution in [0.1, 0.15) is 23.4 Å². The van der Waals surface area contributed by atoms with Crippen LogP contribution in [0.25, 0.3) is 0 Å². The Morgan fingerprint density at radius 3 is 2.69 bits per heavy atom. The number of aromatic nitrogens is 1. The molecular weight excluding hydrogens is 286 g/mol. The van der Waals surface area contributed by atoms with Crippen LogP contribution in [-0.4, -0.2) is 16.1 Å². The van der Waals surface area contributed by atoms with Gasteiger partial charge in [-0.25, -0.2) is 8.78 Å². The number of anilines is 1. The molecule has 1 aromatic rings. The highest BCUT2D eigenvalue weighted by molar-refractivity contribution is 9.08. The van der Waals surface area contributed by atoms with Crippen LogP contribution >= 0.6 is 15.9 Å². The van der Waals surface area contributed by atoms with Gasteiger partial charge in [-0.05, 0) is 6.07 Å². The number of rotatable bonds is 4. The van der Waals surface area contributed by atoms with Crippen LogP contribution in [0.2, 0.25) is 0 Å². The fourth-order valence-corrected chi connectivity index (χ4v) is 1.55. The number of carbonyl (C=O) groups is 1. The second-order valence-corrected chi connectivity index (χ2v) is 3.63. The highest BCUT2D eigenvalue weighted by Crippen LogP contribution is 2.27. The van der Waals surface area contributed by atoms with Crippen LogP contribution in [0.15, 0.2) is 6.07 Å². The number of hydrogen-bond donors (Lipinski definition) is 2. The first-order valence-electron chi connectivity index (χ1n) is 4.29. The zero-order chi connectivity index (χ0) is 12.3. The number of alkyl halides is 3. The minimum Gasteiger partial charge on any atom is -0.481 e. The van der Waals surface area contributed by atoms with Gasteiger partial charge >= 0.3 is 5.97 Å². The molecule has 0 radical (unpaired) electrons. The summed E-state index contributed by atoms with van der Waals surface area (Å²) in [6, 6.07) is 1.39. The second-order valence-electron chi connectivity index (χ2n) is 3.07. The van der Waals surface area contributed by atoms with Crippen LogP contribution in [0.4, 0.5) is 14.5 Å². The molecule has 16 heavy (non-hydrogen) atoms. The zero-order valence-corrected chi connectivity index (χ0v) is 9.67. The maximum absolute atomic E-state index is 12.6. The van der Waals surface area contributed by atoms with Crippen LogP contribution in [0.3, 0.4) is 0 Å². The predicted molar refractivity (Wildman–Crippen MR) is 57.6 cm³/mol. The van der Waals surface area contributed by atoms with Crippen LogP contribution in [0, 0.1) is 0 Å². The Bertz CT molecular complexity index is 413. The van der Waals surface area contributed by atoms with Gasteiger partial charge in [-0.3, -0.25) is 9.78 Å². The van der Waals surface area contributed by atoms with E-state index < -0.39 is 24.5 Å². The molecule has 0 aliphatic heterocycles. The third kappa shape index (κ3) is 2.88. The third-order valence-electron chi connectivity index (χ3n) is 1.92. The summed E-state index contributed by atoms with van der Waals surface area (Å²) in [4.78, 5) is 14.2. The minimum atomic E-state index is -2.84. The molecule has 0 spiro atoms. The lowest BCUT2D eigenvalue weighted by Crippen LogP contribution is -2.10. The Hall–Kier alpha value is -1.24. The molecule has 1 aromatic heterocycles. The van der Waals surface area contributed by atoms with Gasteiger partial charge in [0.1, 0.15) is 5.69 Å². The quantitative estimate of drug-likeness (QED) is 0.834. The molecule has 3 N–H and O–H groups in total. The lowest BCUT2D eigenvalue weighted by molar-refractivity contribution is -0.136. The number of halogens is 3. The number of carboxylic acid groups (broad SMARTS) is 1. The molecule has 1 rings (SSSR count). The predicted octanol–water partition coefficient (Wildman–Crippen LogP) is 2.12. The summed E-state index contributed by atoms with van der Waals surface area (Å²) in [5, 5.41) is 8.87. The van der Waals surface area contributed by atoms with E-state index in [0.29, 0.717) is 5.69 Å². The molecule has 0 aromatic carbocycles. The lowest BCUT2D eigenvalue weighted by atomic mass is 10.1. The molecule has 0 saturated carbocycles. The summed E-state index contributed by atoms with van der Waals surface area (Å²) in [5.74, 6) is -1.22. The van der Waals surface area contributed by atoms with Gasteiger partial charge in [-0.1, -0.05) is 15.9 Å². The van der Waals surface area contributed by atoms with Crippen molar-refractivity contribution in [1.82, 2.24) is 4.98 Å². The van der Waals surface area contributed by atoms with Gasteiger partial charge in [-0.2, -0.15) is 0 Å². The van der Waals surface area contributed by atoms with Crippen molar-refractivity contribution in [2.45, 2.75) is 18.2 Å². The second kappa shape index (κ2) is 5.20. The number of pyridine rings is 1. The fraction of sp³-hybridized carbons (Fsp3) is 0.333. The maximum atomic E-state index is 12.6. The standard InChI is InChI=1S/C9H9BrF2N2O2/c10-3-4-1-6(13)5(2-7(15)16)8(14-4)9(11)12/h1,9H,2-3H2,(H2,13,14)(H,15,16). The fourth-order valence-electron chi connectivity index (χ4n) is 1.26. The molecule has 0 aliphatic carbocycles. The Morgan fingerprint density at radius 1 is 1.62 bits per heavy atom. The average Bonchev–Trinajstić information content (AvgIpc) is 2.19. The van der Waals surface area contributed by atoms with Crippen LogP contribution in [0.5, 0.6) is 0 Å². The van der Waals surface area contributed by atoms with Crippen molar-refractivity contribution in [3.8, 4) is 0 Å². The summed E-state index contributed by atoms with van der Waals surface area (Å²) in [6.07, 6.45) is -3.39. The number of nitrogens with two attached hydrogens (primary N) is 1. The molecule has 4 nitrogen and oxygen atoms in total. The highest BCUT2D eigenvalue weighted by Gasteiger charge is 2.20. The normalized spacial score (nSPS) is 10.8. The summed E-state index contributed by atoms with van der Waals surface area (Å²) in [6.45, 7) is 0. The first kappa shape index (κ1) is 12.8. The molecule has 0 aliphatic rings. The summed E-state index contributed by atoms with van der Waals surface area (Å²) in [7, 11) is 0. The van der Waals surface area contributed by atoms with E-state index in [1.807, 2.05) is 0 Å². The van der Waals surface area contributed by atoms with Crippen molar-refractivity contribution in [2.24, 2.45) is 0 Å². The van der Waals surface area contributed by atoms with Gasteiger partial charge in [0.25, 0.3) is 6.43 Å². The summed E-state index contributed by atoms with van der Waals surface area (Å²) in [5.41, 5.74) is 5.23. The summed E-state index contributed by atoms with van der Waals surface area (Å²) < 4.78 is 25.3. The van der Waals surface area contributed by atoms with Crippen molar-refractivity contribution in [3.63, 3.8) is 0 Å². The molecule has 7 heteroatoms. The number of hydrogen-bond acceptors (Lipinski definition) is 3. The lowest BCUT2D eigenvalue weighted by Gasteiger charge is -2.11. The first-order chi connectivity index (χ1) is 7.45. The van der Waals surface area contributed by atoms with Crippen LogP contribution < -0.4 is 5.73 Å². The Morgan fingerprint density at radius 2 is 2.25 bits per heavy atom. The molecule has 0 unspecified atom stereocenters. The molecule has 0 saturated heterocycles. The number of aliphatic carboxylic acids is 1. The van der Waals surface area contributed by atoms with E-state index in [-0.39, 0.29) is 16.6 Å². The highest BCUT2D eigenvalue weighted by atomic mass is 79.9. The van der Waals surface area contributed by atoms with Crippen molar-refractivity contribution in [3.05, 3.63) is 23.0 Å². The van der Waals surface area contributed by atoms with E-state index in [1.54, 1.807) is 0 Å². The molecule has 0 atom stereocenters. The van der Waals surface area contributed by atoms with E-state index in [0.717, 1.165) is 0 Å². The minimum absolute atomic E-state index is 0.0298. The van der Waals surface area contributed by atoms with Crippen molar-refractivity contribution in [2.75, 3.05) is 5.73 Å². The van der Waals surface area contributed by atoms with E-state index in [2.05, 4.69) is 20.9 Å². The van der Waals surface area contributed by atoms with Gasteiger partial charge in [-0.15, -0.1) is 0 Å². The van der Waals surface area contributed by atoms with E-state index in [9.17, 15) is 13.6 Å². The first-order valence-corrected chi connectivity index (χ1v) is 5.42. The van der Waals surface area contributed by atoms with Crippen molar-refractivity contribution in [1.29, 1.82) is 0 Å². The maximum Gasteiger partial charge on any atom is 0.307 e. The smallest absolute Gasteiger partial charge is 0.307 e. The monoisotopic (exact) mass is 294 g/mol. The van der Waals surface area contributed by atoms with Gasteiger partial charge in [0.05, 0.1) is 12.1 Å². The van der Waals surface area contributed by atoms with Gasteiger partial charge < -0.3 is 10.8 Å². The van der Waals surface area contributed by atoms with Gasteiger partial charge in [0, 0.05) is 16.6 Å². The molecule has 0 fully saturated rings. The largest absolute Gasteiger partial charge is 0.481 e. The molecular formula is C9H9BrF2N2O2. The topological polar surface area (TPSA) is 76.2 Å². The molecule has 88 valence electrons. The van der Waals surface area contributed by atoms with E-state index in [4.69, 9.17) is 10.8 Å². The Balaban J connectivity index is 3.27. The van der Waals surface area contributed by atoms with E-state index in [1.165, 1.54) is 6.07 Å². The van der Waals surface area contributed by atoms with Crippen LogP contribution in [-0.2, 0) is 16.5 Å². The average molecular weight is 295 g/mol. The van der Waals surface area contributed by atoms with Crippen molar-refractivity contribution >= 4 is 27.6 Å². The zero-order valence-electron chi connectivity index (χ0n) is 8.08. The SMILES string of the molecule is Nc1cc(CBr)nc(C(F)F)c1CC(=O)O. The van der Waals surface area contributed by atoms with Gasteiger partial charge in [0.2, 0.25) is 0 Å². The summed E-state index contributed by atoms with van der Waals surface area (Å²) >= 11 is 3.07.